The van der Waals surface area contributed by atoms with E-state index in [-0.39, 0.29) is 24.3 Å². The van der Waals surface area contributed by atoms with Gasteiger partial charge in [0.25, 0.3) is 5.91 Å². The highest BCUT2D eigenvalue weighted by Gasteiger charge is 2.25. The number of nitrogens with one attached hydrogen (secondary N) is 1. The summed E-state index contributed by atoms with van der Waals surface area (Å²) in [6.45, 7) is 3.12. The molecular weight excluding hydrogens is 358 g/mol. The van der Waals surface area contributed by atoms with E-state index in [1.54, 1.807) is 11.9 Å². The number of carbonyl (C=O) groups is 2. The van der Waals surface area contributed by atoms with Crippen LogP contribution in [-0.2, 0) is 9.59 Å². The maximum absolute atomic E-state index is 12.2. The summed E-state index contributed by atoms with van der Waals surface area (Å²) >= 11 is 0. The van der Waals surface area contributed by atoms with Crippen molar-refractivity contribution in [3.63, 3.8) is 0 Å². The second-order valence-electron chi connectivity index (χ2n) is 7.25. The first-order valence-electron chi connectivity index (χ1n) is 9.84. The van der Waals surface area contributed by atoms with Crippen LogP contribution >= 0.6 is 0 Å². The number of para-hydroxylation sites is 2. The standard InChI is InChI=1S/C20H29N5O3/c1-22-20(24-10-4-6-15(13-24)12-18(21)26)23-9-5-11-25-16-7-2-3-8-17(16)28-14-19(25)27/h2-3,7-8,15H,4-6,9-14H2,1H3,(H2,21,26)(H,22,23). The molecule has 1 fully saturated rings. The van der Waals surface area contributed by atoms with Gasteiger partial charge in [0.05, 0.1) is 5.69 Å². The van der Waals surface area contributed by atoms with Crippen LogP contribution in [0.1, 0.15) is 25.7 Å². The highest BCUT2D eigenvalue weighted by molar-refractivity contribution is 5.97. The van der Waals surface area contributed by atoms with Crippen molar-refractivity contribution in [2.24, 2.45) is 16.6 Å². The van der Waals surface area contributed by atoms with Gasteiger partial charge < -0.3 is 25.6 Å². The molecule has 3 N–H and O–H groups in total. The molecule has 0 aromatic heterocycles. The van der Waals surface area contributed by atoms with Crippen molar-refractivity contribution < 1.29 is 14.3 Å². The number of piperidine rings is 1. The number of hydrogen-bond donors (Lipinski definition) is 2. The summed E-state index contributed by atoms with van der Waals surface area (Å²) in [6, 6.07) is 7.61. The summed E-state index contributed by atoms with van der Waals surface area (Å²) in [7, 11) is 1.77. The fraction of sp³-hybridized carbons (Fsp3) is 0.550. The largest absolute Gasteiger partial charge is 0.482 e. The molecule has 1 unspecified atom stereocenters. The van der Waals surface area contributed by atoms with E-state index in [1.165, 1.54) is 0 Å². The number of guanidine groups is 1. The van der Waals surface area contributed by atoms with Crippen molar-refractivity contribution in [2.45, 2.75) is 25.7 Å². The lowest BCUT2D eigenvalue weighted by Gasteiger charge is -2.35. The third-order valence-corrected chi connectivity index (χ3v) is 5.17. The van der Waals surface area contributed by atoms with E-state index in [0.717, 1.165) is 49.7 Å². The number of likely N-dealkylation sites (tertiary alicyclic amines) is 1. The Hall–Kier alpha value is -2.77. The molecule has 28 heavy (non-hydrogen) atoms. The quantitative estimate of drug-likeness (QED) is 0.430. The van der Waals surface area contributed by atoms with Crippen LogP contribution in [0.2, 0.25) is 0 Å². The number of anilines is 1. The van der Waals surface area contributed by atoms with Gasteiger partial charge in [-0.25, -0.2) is 0 Å². The topological polar surface area (TPSA) is 100 Å². The molecule has 0 spiro atoms. The maximum Gasteiger partial charge on any atom is 0.265 e. The molecule has 2 aliphatic heterocycles. The van der Waals surface area contributed by atoms with Crippen LogP contribution in [0.15, 0.2) is 29.3 Å². The minimum Gasteiger partial charge on any atom is -0.482 e. The number of benzene rings is 1. The van der Waals surface area contributed by atoms with Crippen molar-refractivity contribution in [1.82, 2.24) is 10.2 Å². The monoisotopic (exact) mass is 387 g/mol. The Morgan fingerprint density at radius 1 is 1.39 bits per heavy atom. The number of carbonyl (C=O) groups excluding carboxylic acids is 2. The Labute approximate surface area is 165 Å². The summed E-state index contributed by atoms with van der Waals surface area (Å²) in [6.07, 6.45) is 3.26. The average Bonchev–Trinajstić information content (AvgIpc) is 2.69. The lowest BCUT2D eigenvalue weighted by molar-refractivity contribution is -0.121. The number of nitrogens with zero attached hydrogens (tertiary/aromatic N) is 3. The Morgan fingerprint density at radius 3 is 3.00 bits per heavy atom. The van der Waals surface area contributed by atoms with E-state index < -0.39 is 0 Å². The third-order valence-electron chi connectivity index (χ3n) is 5.17. The average molecular weight is 387 g/mol. The minimum atomic E-state index is -0.245. The van der Waals surface area contributed by atoms with Crippen molar-refractivity contribution >= 4 is 23.5 Å². The Bertz CT molecular complexity index is 736. The number of nitrogens with two attached hydrogens (primary N) is 1. The lowest BCUT2D eigenvalue weighted by atomic mass is 9.95. The molecule has 0 bridgehead atoms. The van der Waals surface area contributed by atoms with Gasteiger partial charge in [-0.2, -0.15) is 0 Å². The van der Waals surface area contributed by atoms with Crippen LogP contribution in [0.3, 0.4) is 0 Å². The molecule has 2 amide bonds. The molecule has 0 aliphatic carbocycles. The fourth-order valence-electron chi connectivity index (χ4n) is 3.88. The first-order chi connectivity index (χ1) is 13.6. The smallest absolute Gasteiger partial charge is 0.265 e. The van der Waals surface area contributed by atoms with Gasteiger partial charge in [0.15, 0.2) is 12.6 Å². The fourth-order valence-corrected chi connectivity index (χ4v) is 3.88. The Balaban J connectivity index is 1.49. The molecule has 1 aromatic rings. The van der Waals surface area contributed by atoms with Gasteiger partial charge in [-0.1, -0.05) is 12.1 Å². The first-order valence-corrected chi connectivity index (χ1v) is 9.84. The van der Waals surface area contributed by atoms with Crippen LogP contribution in [0.25, 0.3) is 0 Å². The number of ether oxygens (including phenoxy) is 1. The number of rotatable bonds is 6. The zero-order chi connectivity index (χ0) is 19.9. The number of fused-ring (bicyclic) bond motifs is 1. The number of primary amides is 1. The van der Waals surface area contributed by atoms with E-state index in [1.807, 2.05) is 24.3 Å². The van der Waals surface area contributed by atoms with E-state index >= 15 is 0 Å². The molecule has 2 aliphatic rings. The van der Waals surface area contributed by atoms with Gasteiger partial charge in [0.1, 0.15) is 5.75 Å². The van der Waals surface area contributed by atoms with E-state index in [9.17, 15) is 9.59 Å². The number of hydrogen-bond acceptors (Lipinski definition) is 4. The Morgan fingerprint density at radius 2 is 2.21 bits per heavy atom. The molecule has 3 rings (SSSR count). The molecular formula is C20H29N5O3. The van der Waals surface area contributed by atoms with Crippen molar-refractivity contribution in [2.75, 3.05) is 44.7 Å². The van der Waals surface area contributed by atoms with Crippen molar-refractivity contribution in [3.05, 3.63) is 24.3 Å². The van der Waals surface area contributed by atoms with Crippen LogP contribution in [-0.4, -0.2) is 62.5 Å². The van der Waals surface area contributed by atoms with Gasteiger partial charge in [0.2, 0.25) is 5.91 Å². The second-order valence-corrected chi connectivity index (χ2v) is 7.25. The van der Waals surface area contributed by atoms with Gasteiger partial charge in [-0.05, 0) is 37.3 Å². The lowest BCUT2D eigenvalue weighted by Crippen LogP contribution is -2.48. The maximum atomic E-state index is 12.2. The summed E-state index contributed by atoms with van der Waals surface area (Å²) in [4.78, 5) is 31.8. The summed E-state index contributed by atoms with van der Waals surface area (Å²) in [5.41, 5.74) is 6.17. The Kier molecular flexibility index (Phi) is 6.73. The zero-order valence-corrected chi connectivity index (χ0v) is 16.4. The molecule has 1 atom stereocenters. The number of aliphatic imine (C=N–C) groups is 1. The van der Waals surface area contributed by atoms with E-state index in [2.05, 4.69) is 15.2 Å². The summed E-state index contributed by atoms with van der Waals surface area (Å²) < 4.78 is 5.48. The predicted molar refractivity (Wildman–Crippen MR) is 108 cm³/mol. The zero-order valence-electron chi connectivity index (χ0n) is 16.4. The SMILES string of the molecule is CN=C(NCCCN1C(=O)COc2ccccc21)N1CCCC(CC(N)=O)C1. The van der Waals surface area contributed by atoms with Crippen LogP contribution in [0.4, 0.5) is 5.69 Å². The molecule has 8 heteroatoms. The van der Waals surface area contributed by atoms with Gasteiger partial charge >= 0.3 is 0 Å². The van der Waals surface area contributed by atoms with E-state index in [4.69, 9.17) is 10.5 Å². The normalized spacial score (nSPS) is 19.8. The summed E-state index contributed by atoms with van der Waals surface area (Å²) in [5.74, 6) is 1.61. The first kappa shape index (κ1) is 20.0. The van der Waals surface area contributed by atoms with Crippen molar-refractivity contribution in [3.8, 4) is 5.75 Å². The molecule has 2 heterocycles. The van der Waals surface area contributed by atoms with Gasteiger partial charge in [-0.15, -0.1) is 0 Å². The summed E-state index contributed by atoms with van der Waals surface area (Å²) in [5, 5.41) is 3.38. The van der Waals surface area contributed by atoms with Gasteiger partial charge in [-0.3, -0.25) is 14.6 Å². The third kappa shape index (κ3) is 4.94. The van der Waals surface area contributed by atoms with Gasteiger partial charge in [0, 0.05) is 39.6 Å². The minimum absolute atomic E-state index is 0.0200. The van der Waals surface area contributed by atoms with Crippen LogP contribution < -0.4 is 20.7 Å². The molecule has 152 valence electrons. The number of amides is 2. The molecule has 0 radical (unpaired) electrons. The van der Waals surface area contributed by atoms with Crippen LogP contribution in [0.5, 0.6) is 5.75 Å². The molecule has 0 saturated carbocycles. The molecule has 1 aromatic carbocycles. The highest BCUT2D eigenvalue weighted by Crippen LogP contribution is 2.31. The second kappa shape index (κ2) is 9.43. The van der Waals surface area contributed by atoms with E-state index in [0.29, 0.717) is 19.5 Å². The predicted octanol–water partition coefficient (Wildman–Crippen LogP) is 0.965. The molecule has 1 saturated heterocycles. The highest BCUT2D eigenvalue weighted by atomic mass is 16.5. The molecule has 8 nitrogen and oxygen atoms in total. The van der Waals surface area contributed by atoms with Crippen LogP contribution in [0, 0.1) is 5.92 Å². The van der Waals surface area contributed by atoms with Crippen molar-refractivity contribution in [1.29, 1.82) is 0 Å².